The van der Waals surface area contributed by atoms with E-state index in [-0.39, 0.29) is 47.3 Å². The van der Waals surface area contributed by atoms with E-state index >= 15 is 0 Å². The first kappa shape index (κ1) is 14.9. The molecule has 0 aromatic carbocycles. The maximum Gasteiger partial charge on any atom is 0.233 e. The first-order valence-electron chi connectivity index (χ1n) is 8.69. The highest BCUT2D eigenvalue weighted by molar-refractivity contribution is 6.06. The van der Waals surface area contributed by atoms with E-state index in [1.165, 1.54) is 4.90 Å². The van der Waals surface area contributed by atoms with Crippen LogP contribution >= 0.6 is 0 Å². The molecule has 3 fully saturated rings. The molecule has 4 rings (SSSR count). The van der Waals surface area contributed by atoms with Gasteiger partial charge in [-0.25, -0.2) is 0 Å². The molecule has 2 saturated heterocycles. The van der Waals surface area contributed by atoms with Crippen LogP contribution in [0.25, 0.3) is 0 Å². The normalized spacial score (nSPS) is 38.3. The van der Waals surface area contributed by atoms with Crippen LogP contribution in [0.5, 0.6) is 0 Å². The van der Waals surface area contributed by atoms with Crippen molar-refractivity contribution < 1.29 is 14.4 Å². The average molecular weight is 317 g/mol. The van der Waals surface area contributed by atoms with E-state index in [0.29, 0.717) is 19.6 Å². The van der Waals surface area contributed by atoms with Gasteiger partial charge in [0.25, 0.3) is 0 Å². The van der Waals surface area contributed by atoms with Crippen molar-refractivity contribution >= 4 is 17.7 Å². The van der Waals surface area contributed by atoms with Crippen LogP contribution in [0, 0.1) is 29.6 Å². The van der Waals surface area contributed by atoms with E-state index in [1.807, 2.05) is 0 Å². The third-order valence-corrected chi connectivity index (χ3v) is 5.86. The molecule has 3 amide bonds. The summed E-state index contributed by atoms with van der Waals surface area (Å²) in [4.78, 5) is 38.5. The zero-order valence-electron chi connectivity index (χ0n) is 13.2. The van der Waals surface area contributed by atoms with Crippen LogP contribution in [0.15, 0.2) is 12.2 Å². The van der Waals surface area contributed by atoms with Gasteiger partial charge in [0, 0.05) is 19.6 Å². The van der Waals surface area contributed by atoms with Gasteiger partial charge in [-0.2, -0.15) is 0 Å². The van der Waals surface area contributed by atoms with Crippen molar-refractivity contribution in [1.29, 1.82) is 0 Å². The van der Waals surface area contributed by atoms with Crippen molar-refractivity contribution in [3.05, 3.63) is 12.2 Å². The molecule has 6 nitrogen and oxygen atoms in total. The number of carbonyl (C=O) groups is 3. The molecule has 4 aliphatic rings. The molecule has 2 aliphatic heterocycles. The Balaban J connectivity index is 1.31. The molecule has 2 N–H and O–H groups in total. The molecule has 0 radical (unpaired) electrons. The lowest BCUT2D eigenvalue weighted by molar-refractivity contribution is -0.141. The molecule has 1 saturated carbocycles. The predicted octanol–water partition coefficient (Wildman–Crippen LogP) is -0.0907. The van der Waals surface area contributed by atoms with Gasteiger partial charge in [0.05, 0.1) is 17.8 Å². The molecule has 0 aromatic heterocycles. The third-order valence-electron chi connectivity index (χ3n) is 5.86. The van der Waals surface area contributed by atoms with Crippen molar-refractivity contribution in [1.82, 2.24) is 15.5 Å². The van der Waals surface area contributed by atoms with E-state index in [1.54, 1.807) is 0 Å². The summed E-state index contributed by atoms with van der Waals surface area (Å²) in [7, 11) is 0. The van der Waals surface area contributed by atoms with Crippen molar-refractivity contribution in [3.63, 3.8) is 0 Å². The number of likely N-dealkylation sites (tertiary alicyclic amines) is 1. The Bertz CT molecular complexity index is 537. The SMILES string of the molecule is O=C(NCCN1C(=O)C2C3C=CC(C3)C2C1=O)C1CCCNC1. The Morgan fingerprint density at radius 1 is 1.22 bits per heavy atom. The highest BCUT2D eigenvalue weighted by atomic mass is 16.2. The number of nitrogens with one attached hydrogen (secondary N) is 2. The monoisotopic (exact) mass is 317 g/mol. The van der Waals surface area contributed by atoms with E-state index in [4.69, 9.17) is 0 Å². The molecule has 0 aromatic rings. The van der Waals surface area contributed by atoms with Gasteiger partial charge in [-0.15, -0.1) is 0 Å². The first-order valence-corrected chi connectivity index (χ1v) is 8.69. The lowest BCUT2D eigenvalue weighted by Crippen LogP contribution is -2.44. The zero-order valence-corrected chi connectivity index (χ0v) is 13.2. The molecule has 124 valence electrons. The Labute approximate surface area is 135 Å². The Hall–Kier alpha value is -1.69. The van der Waals surface area contributed by atoms with Crippen LogP contribution in [0.1, 0.15) is 19.3 Å². The van der Waals surface area contributed by atoms with Gasteiger partial charge in [-0.05, 0) is 37.6 Å². The van der Waals surface area contributed by atoms with E-state index in [9.17, 15) is 14.4 Å². The Kier molecular flexibility index (Phi) is 3.71. The van der Waals surface area contributed by atoms with Gasteiger partial charge < -0.3 is 10.6 Å². The summed E-state index contributed by atoms with van der Waals surface area (Å²) in [5, 5.41) is 6.10. The van der Waals surface area contributed by atoms with Crippen LogP contribution in [-0.2, 0) is 14.4 Å². The molecule has 2 aliphatic carbocycles. The number of piperidine rings is 1. The van der Waals surface area contributed by atoms with Gasteiger partial charge in [0.15, 0.2) is 0 Å². The minimum atomic E-state index is -0.143. The van der Waals surface area contributed by atoms with E-state index in [0.717, 1.165) is 25.8 Å². The number of carbonyl (C=O) groups excluding carboxylic acids is 3. The van der Waals surface area contributed by atoms with Crippen molar-refractivity contribution in [2.75, 3.05) is 26.2 Å². The fourth-order valence-corrected chi connectivity index (χ4v) is 4.70. The number of allylic oxidation sites excluding steroid dienone is 2. The number of rotatable bonds is 4. The van der Waals surface area contributed by atoms with Crippen LogP contribution in [0.4, 0.5) is 0 Å². The lowest BCUT2D eigenvalue weighted by atomic mass is 9.85. The van der Waals surface area contributed by atoms with Crippen LogP contribution in [0.2, 0.25) is 0 Å². The average Bonchev–Trinajstić information content (AvgIpc) is 3.25. The van der Waals surface area contributed by atoms with E-state index in [2.05, 4.69) is 22.8 Å². The number of hydrogen-bond donors (Lipinski definition) is 2. The molecular weight excluding hydrogens is 294 g/mol. The fourth-order valence-electron chi connectivity index (χ4n) is 4.70. The first-order chi connectivity index (χ1) is 11.2. The molecular formula is C17H23N3O3. The number of imide groups is 1. The van der Waals surface area contributed by atoms with Gasteiger partial charge >= 0.3 is 0 Å². The number of amides is 3. The van der Waals surface area contributed by atoms with Gasteiger partial charge in [0.1, 0.15) is 0 Å². The molecule has 0 spiro atoms. The van der Waals surface area contributed by atoms with E-state index < -0.39 is 0 Å². The third kappa shape index (κ3) is 2.40. The standard InChI is InChI=1S/C17H23N3O3/c21-15(12-2-1-5-18-9-12)19-6-7-20-16(22)13-10-3-4-11(8-10)14(13)17(20)23/h3-4,10-14,18H,1-2,5-9H2,(H,19,21). The molecule has 2 bridgehead atoms. The summed E-state index contributed by atoms with van der Waals surface area (Å²) in [5.74, 6) is 0.164. The smallest absolute Gasteiger partial charge is 0.233 e. The Morgan fingerprint density at radius 3 is 2.52 bits per heavy atom. The van der Waals surface area contributed by atoms with Crippen molar-refractivity contribution in [3.8, 4) is 0 Å². The van der Waals surface area contributed by atoms with Crippen molar-refractivity contribution in [2.24, 2.45) is 29.6 Å². The van der Waals surface area contributed by atoms with Crippen molar-refractivity contribution in [2.45, 2.75) is 19.3 Å². The van der Waals surface area contributed by atoms with Gasteiger partial charge in [-0.3, -0.25) is 19.3 Å². The largest absolute Gasteiger partial charge is 0.354 e. The van der Waals surface area contributed by atoms with Gasteiger partial charge in [-0.1, -0.05) is 12.2 Å². The highest BCUT2D eigenvalue weighted by Gasteiger charge is 2.58. The number of nitrogens with zero attached hydrogens (tertiary/aromatic N) is 1. The fraction of sp³-hybridized carbons (Fsp3) is 0.706. The Morgan fingerprint density at radius 2 is 1.91 bits per heavy atom. The predicted molar refractivity (Wildman–Crippen MR) is 83.0 cm³/mol. The molecule has 23 heavy (non-hydrogen) atoms. The van der Waals surface area contributed by atoms with Gasteiger partial charge in [0.2, 0.25) is 17.7 Å². The molecule has 5 unspecified atom stereocenters. The second kappa shape index (κ2) is 5.74. The van der Waals surface area contributed by atoms with Crippen LogP contribution in [0.3, 0.4) is 0 Å². The second-order valence-corrected chi connectivity index (χ2v) is 7.16. The zero-order chi connectivity index (χ0) is 16.0. The maximum absolute atomic E-state index is 12.5. The number of hydrogen-bond acceptors (Lipinski definition) is 4. The van der Waals surface area contributed by atoms with Crippen LogP contribution < -0.4 is 10.6 Å². The molecule has 2 heterocycles. The minimum absolute atomic E-state index is 0.00755. The van der Waals surface area contributed by atoms with Crippen LogP contribution in [-0.4, -0.2) is 48.8 Å². The topological polar surface area (TPSA) is 78.5 Å². The quantitative estimate of drug-likeness (QED) is 0.561. The summed E-state index contributed by atoms with van der Waals surface area (Å²) in [6, 6.07) is 0. The molecule has 5 atom stereocenters. The summed E-state index contributed by atoms with van der Waals surface area (Å²) in [6.07, 6.45) is 7.06. The lowest BCUT2D eigenvalue weighted by Gasteiger charge is -2.23. The number of fused-ring (bicyclic) bond motifs is 5. The maximum atomic E-state index is 12.5. The summed E-state index contributed by atoms with van der Waals surface area (Å²) >= 11 is 0. The highest BCUT2D eigenvalue weighted by Crippen LogP contribution is 2.52. The summed E-state index contributed by atoms with van der Waals surface area (Å²) in [6.45, 7) is 2.34. The minimum Gasteiger partial charge on any atom is -0.354 e. The summed E-state index contributed by atoms with van der Waals surface area (Å²) < 4.78 is 0. The second-order valence-electron chi connectivity index (χ2n) is 7.16. The molecule has 6 heteroatoms. The summed E-state index contributed by atoms with van der Waals surface area (Å²) in [5.41, 5.74) is 0.